The highest BCUT2D eigenvalue weighted by molar-refractivity contribution is 7.09. The molecule has 172 valence electrons. The van der Waals surface area contributed by atoms with Gasteiger partial charge in [0.2, 0.25) is 11.0 Å². The minimum Gasteiger partial charge on any atom is -0.368 e. The highest BCUT2D eigenvalue weighted by atomic mass is 35.5. The Hall–Kier alpha value is -2.64. The predicted octanol–water partition coefficient (Wildman–Crippen LogP) is 4.41. The fourth-order valence-electron chi connectivity index (χ4n) is 4.77. The highest BCUT2D eigenvalue weighted by Gasteiger charge is 2.36. The maximum Gasteiger partial charge on any atom is 0.245 e. The van der Waals surface area contributed by atoms with Crippen molar-refractivity contribution in [1.29, 1.82) is 0 Å². The average molecular weight is 482 g/mol. The minimum atomic E-state index is -0.133. The van der Waals surface area contributed by atoms with Crippen LogP contribution in [0.2, 0.25) is 5.02 Å². The van der Waals surface area contributed by atoms with E-state index in [9.17, 15) is 4.79 Å². The molecular formula is C25H28ClN5OS. The van der Waals surface area contributed by atoms with E-state index in [1.807, 2.05) is 29.2 Å². The molecule has 2 fully saturated rings. The molecule has 2 saturated heterocycles. The maximum atomic E-state index is 13.4. The summed E-state index contributed by atoms with van der Waals surface area (Å²) in [4.78, 5) is 24.8. The SMILES string of the molecule is Cc1ccccc1N1CCN(C(=O)C2CCCN2c2nc(Cc3ccc(Cl)cc3)ns2)CC1. The van der Waals surface area contributed by atoms with E-state index in [-0.39, 0.29) is 11.9 Å². The molecule has 3 aromatic rings. The van der Waals surface area contributed by atoms with E-state index in [0.717, 1.165) is 67.1 Å². The average Bonchev–Trinajstić information content (AvgIpc) is 3.50. The number of aromatic nitrogens is 2. The van der Waals surface area contributed by atoms with Gasteiger partial charge in [-0.3, -0.25) is 4.79 Å². The zero-order chi connectivity index (χ0) is 22.8. The summed E-state index contributed by atoms with van der Waals surface area (Å²) >= 11 is 7.38. The third-order valence-corrected chi connectivity index (χ3v) is 7.61. The summed E-state index contributed by atoms with van der Waals surface area (Å²) in [5.41, 5.74) is 3.68. The Balaban J connectivity index is 1.22. The summed E-state index contributed by atoms with van der Waals surface area (Å²) in [5.74, 6) is 1.02. The second-order valence-corrected chi connectivity index (χ2v) is 9.91. The number of benzene rings is 2. The first kappa shape index (κ1) is 22.2. The van der Waals surface area contributed by atoms with E-state index < -0.39 is 0 Å². The van der Waals surface area contributed by atoms with Crippen LogP contribution in [0.5, 0.6) is 0 Å². The largest absolute Gasteiger partial charge is 0.368 e. The number of nitrogens with zero attached hydrogens (tertiary/aromatic N) is 5. The minimum absolute atomic E-state index is 0.133. The highest BCUT2D eigenvalue weighted by Crippen LogP contribution is 2.29. The van der Waals surface area contributed by atoms with Crippen molar-refractivity contribution in [3.8, 4) is 0 Å². The standard InChI is InChI=1S/C25H28ClN5OS/c1-18-5-2-3-6-21(18)29-13-15-30(16-14-29)24(32)22-7-4-12-31(22)25-27-23(28-33-25)17-19-8-10-20(26)11-9-19/h2-3,5-6,8-11,22H,4,7,12-17H2,1H3. The van der Waals surface area contributed by atoms with Gasteiger partial charge in [0.25, 0.3) is 0 Å². The number of amides is 1. The third-order valence-electron chi connectivity index (χ3n) is 6.56. The summed E-state index contributed by atoms with van der Waals surface area (Å²) in [6.07, 6.45) is 2.55. The van der Waals surface area contributed by atoms with Gasteiger partial charge in [-0.1, -0.05) is 41.9 Å². The second-order valence-electron chi connectivity index (χ2n) is 8.75. The molecule has 8 heteroatoms. The lowest BCUT2D eigenvalue weighted by atomic mass is 10.1. The van der Waals surface area contributed by atoms with E-state index in [2.05, 4.69) is 45.4 Å². The lowest BCUT2D eigenvalue weighted by Crippen LogP contribution is -2.54. The van der Waals surface area contributed by atoms with Crippen LogP contribution in [0.3, 0.4) is 0 Å². The Bertz CT molecular complexity index is 1110. The number of para-hydroxylation sites is 1. The van der Waals surface area contributed by atoms with Crippen LogP contribution in [-0.4, -0.2) is 58.9 Å². The van der Waals surface area contributed by atoms with Crippen molar-refractivity contribution in [1.82, 2.24) is 14.3 Å². The molecule has 0 aliphatic carbocycles. The maximum absolute atomic E-state index is 13.4. The number of halogens is 1. The summed E-state index contributed by atoms with van der Waals surface area (Å²) < 4.78 is 4.56. The second kappa shape index (κ2) is 9.69. The van der Waals surface area contributed by atoms with Crippen LogP contribution >= 0.6 is 23.1 Å². The number of carbonyl (C=O) groups is 1. The van der Waals surface area contributed by atoms with Crippen LogP contribution < -0.4 is 9.80 Å². The van der Waals surface area contributed by atoms with Crippen molar-refractivity contribution in [3.63, 3.8) is 0 Å². The molecule has 0 spiro atoms. The zero-order valence-electron chi connectivity index (χ0n) is 18.8. The molecule has 2 aromatic carbocycles. The molecule has 3 heterocycles. The molecule has 1 aromatic heterocycles. The van der Waals surface area contributed by atoms with Gasteiger partial charge in [0.15, 0.2) is 0 Å². The molecule has 1 atom stereocenters. The molecule has 0 bridgehead atoms. The molecule has 1 unspecified atom stereocenters. The molecular weight excluding hydrogens is 454 g/mol. The van der Waals surface area contributed by atoms with Crippen LogP contribution in [0.25, 0.3) is 0 Å². The number of hydrogen-bond donors (Lipinski definition) is 0. The molecule has 1 amide bonds. The number of aryl methyl sites for hydroxylation is 1. The number of hydrogen-bond acceptors (Lipinski definition) is 6. The summed E-state index contributed by atoms with van der Waals surface area (Å²) in [6.45, 7) is 6.26. The van der Waals surface area contributed by atoms with E-state index in [4.69, 9.17) is 16.6 Å². The fraction of sp³-hybridized carbons (Fsp3) is 0.400. The summed E-state index contributed by atoms with van der Waals surface area (Å²) in [7, 11) is 0. The Morgan fingerprint density at radius 2 is 1.82 bits per heavy atom. The molecule has 2 aliphatic rings. The van der Waals surface area contributed by atoms with Gasteiger partial charge < -0.3 is 14.7 Å². The molecule has 6 nitrogen and oxygen atoms in total. The van der Waals surface area contributed by atoms with Crippen LogP contribution in [-0.2, 0) is 11.2 Å². The van der Waals surface area contributed by atoms with Crippen molar-refractivity contribution in [2.24, 2.45) is 0 Å². The van der Waals surface area contributed by atoms with Gasteiger partial charge in [-0.05, 0) is 49.1 Å². The lowest BCUT2D eigenvalue weighted by molar-refractivity contribution is -0.132. The van der Waals surface area contributed by atoms with Gasteiger partial charge in [-0.25, -0.2) is 4.98 Å². The molecule has 33 heavy (non-hydrogen) atoms. The number of rotatable bonds is 5. The van der Waals surface area contributed by atoms with E-state index >= 15 is 0 Å². The smallest absolute Gasteiger partial charge is 0.245 e. The van der Waals surface area contributed by atoms with Crippen molar-refractivity contribution in [2.45, 2.75) is 32.2 Å². The van der Waals surface area contributed by atoms with Gasteiger partial charge in [0.1, 0.15) is 11.9 Å². The van der Waals surface area contributed by atoms with E-state index in [1.54, 1.807) is 0 Å². The molecule has 2 aliphatic heterocycles. The molecule has 0 radical (unpaired) electrons. The molecule has 5 rings (SSSR count). The molecule has 0 saturated carbocycles. The number of piperazine rings is 1. The van der Waals surface area contributed by atoms with Crippen LogP contribution in [0.4, 0.5) is 10.8 Å². The van der Waals surface area contributed by atoms with Gasteiger partial charge in [0, 0.05) is 61.4 Å². The predicted molar refractivity (Wildman–Crippen MR) is 135 cm³/mol. The van der Waals surface area contributed by atoms with Gasteiger partial charge >= 0.3 is 0 Å². The van der Waals surface area contributed by atoms with Crippen LogP contribution in [0.15, 0.2) is 48.5 Å². The van der Waals surface area contributed by atoms with Crippen molar-refractivity contribution in [3.05, 3.63) is 70.5 Å². The van der Waals surface area contributed by atoms with Crippen molar-refractivity contribution in [2.75, 3.05) is 42.5 Å². The summed E-state index contributed by atoms with van der Waals surface area (Å²) in [6, 6.07) is 16.1. The van der Waals surface area contributed by atoms with E-state index in [0.29, 0.717) is 6.42 Å². The zero-order valence-corrected chi connectivity index (χ0v) is 20.4. The third kappa shape index (κ3) is 4.84. The van der Waals surface area contributed by atoms with Gasteiger partial charge in [0.05, 0.1) is 0 Å². The van der Waals surface area contributed by atoms with Crippen LogP contribution in [0, 0.1) is 6.92 Å². The van der Waals surface area contributed by atoms with Crippen LogP contribution in [0.1, 0.15) is 29.8 Å². The molecule has 0 N–H and O–H groups in total. The first-order chi connectivity index (χ1) is 16.1. The topological polar surface area (TPSA) is 52.6 Å². The van der Waals surface area contributed by atoms with Gasteiger partial charge in [-0.15, -0.1) is 0 Å². The Kier molecular flexibility index (Phi) is 6.51. The summed E-state index contributed by atoms with van der Waals surface area (Å²) in [5, 5.41) is 1.58. The first-order valence-electron chi connectivity index (χ1n) is 11.5. The lowest BCUT2D eigenvalue weighted by Gasteiger charge is -2.38. The number of anilines is 2. The number of carbonyl (C=O) groups excluding carboxylic acids is 1. The first-order valence-corrected chi connectivity index (χ1v) is 12.7. The fourth-order valence-corrected chi connectivity index (χ4v) is 5.66. The normalized spacial score (nSPS) is 18.7. The van der Waals surface area contributed by atoms with Crippen molar-refractivity contribution >= 4 is 39.9 Å². The van der Waals surface area contributed by atoms with Gasteiger partial charge in [-0.2, -0.15) is 4.37 Å². The van der Waals surface area contributed by atoms with Crippen molar-refractivity contribution < 1.29 is 4.79 Å². The quantitative estimate of drug-likeness (QED) is 0.540. The monoisotopic (exact) mass is 481 g/mol. The van der Waals surface area contributed by atoms with E-state index in [1.165, 1.54) is 22.8 Å². The Morgan fingerprint density at radius 3 is 2.58 bits per heavy atom. The Labute approximate surface area is 204 Å². The Morgan fingerprint density at radius 1 is 1.06 bits per heavy atom.